The molecule has 1 aliphatic heterocycles. The average molecular weight is 416 g/mol. The van der Waals surface area contributed by atoms with Gasteiger partial charge in [-0.25, -0.2) is 0 Å². The smallest absolute Gasteiger partial charge is 0.300 e. The molecule has 1 aromatic heterocycles. The molecule has 1 N–H and O–H groups in total. The molecule has 1 unspecified atom stereocenters. The molecule has 31 heavy (non-hydrogen) atoms. The Morgan fingerprint density at radius 1 is 0.968 bits per heavy atom. The summed E-state index contributed by atoms with van der Waals surface area (Å²) >= 11 is 0. The van der Waals surface area contributed by atoms with Crippen molar-refractivity contribution >= 4 is 23.1 Å². The number of carbonyl (C=O) groups excluding carboxylic acids is 2. The molecule has 156 valence electrons. The van der Waals surface area contributed by atoms with E-state index in [1.54, 1.807) is 67.0 Å². The lowest BCUT2D eigenvalue weighted by molar-refractivity contribution is -0.132. The van der Waals surface area contributed by atoms with Gasteiger partial charge >= 0.3 is 0 Å². The van der Waals surface area contributed by atoms with E-state index in [9.17, 15) is 14.7 Å². The van der Waals surface area contributed by atoms with E-state index < -0.39 is 17.7 Å². The fourth-order valence-corrected chi connectivity index (χ4v) is 3.68. The van der Waals surface area contributed by atoms with Crippen LogP contribution in [0.1, 0.15) is 17.2 Å². The third-order valence-electron chi connectivity index (χ3n) is 5.14. The average Bonchev–Trinajstić information content (AvgIpc) is 3.09. The summed E-state index contributed by atoms with van der Waals surface area (Å²) in [5.74, 6) is -0.923. The summed E-state index contributed by atoms with van der Waals surface area (Å²) in [4.78, 5) is 31.6. The van der Waals surface area contributed by atoms with Crippen molar-refractivity contribution in [2.75, 3.05) is 19.1 Å². The lowest BCUT2D eigenvalue weighted by atomic mass is 9.96. The van der Waals surface area contributed by atoms with Crippen LogP contribution in [0.3, 0.4) is 0 Å². The summed E-state index contributed by atoms with van der Waals surface area (Å²) in [6.45, 7) is 0. The number of hydrogen-bond donors (Lipinski definition) is 1. The van der Waals surface area contributed by atoms with Crippen LogP contribution in [0, 0.1) is 0 Å². The molecule has 7 heteroatoms. The van der Waals surface area contributed by atoms with Crippen LogP contribution in [0.2, 0.25) is 0 Å². The topological polar surface area (TPSA) is 89.0 Å². The quantitative estimate of drug-likeness (QED) is 0.387. The molecule has 0 aliphatic carbocycles. The highest BCUT2D eigenvalue weighted by atomic mass is 16.5. The Labute approximate surface area is 179 Å². The maximum Gasteiger partial charge on any atom is 0.300 e. The van der Waals surface area contributed by atoms with Crippen molar-refractivity contribution in [3.05, 3.63) is 89.8 Å². The number of methoxy groups -OCH3 is 2. The summed E-state index contributed by atoms with van der Waals surface area (Å²) in [5, 5.41) is 11.2. The van der Waals surface area contributed by atoms with Crippen molar-refractivity contribution in [1.29, 1.82) is 0 Å². The Balaban J connectivity index is 1.93. The van der Waals surface area contributed by atoms with Gasteiger partial charge in [-0.1, -0.05) is 24.3 Å². The van der Waals surface area contributed by atoms with Gasteiger partial charge < -0.3 is 14.6 Å². The Morgan fingerprint density at radius 3 is 2.35 bits per heavy atom. The number of carbonyl (C=O) groups is 2. The Bertz CT molecular complexity index is 1160. The first-order valence-corrected chi connectivity index (χ1v) is 9.55. The second-order valence-corrected chi connectivity index (χ2v) is 6.86. The summed E-state index contributed by atoms with van der Waals surface area (Å²) in [6, 6.07) is 16.3. The number of hydrogen-bond acceptors (Lipinski definition) is 6. The maximum atomic E-state index is 13.1. The van der Waals surface area contributed by atoms with Crippen molar-refractivity contribution in [2.24, 2.45) is 0 Å². The normalized spacial score (nSPS) is 17.6. The van der Waals surface area contributed by atoms with E-state index in [4.69, 9.17) is 9.47 Å². The number of ether oxygens (including phenoxy) is 2. The molecule has 2 aromatic carbocycles. The first kappa shape index (κ1) is 20.2. The van der Waals surface area contributed by atoms with Gasteiger partial charge in [0.2, 0.25) is 0 Å². The van der Waals surface area contributed by atoms with Gasteiger partial charge in [0.15, 0.2) is 11.5 Å². The fraction of sp³-hybridized carbons (Fsp3) is 0.125. The zero-order valence-corrected chi connectivity index (χ0v) is 17.0. The number of nitrogens with zero attached hydrogens (tertiary/aromatic N) is 2. The third-order valence-corrected chi connectivity index (χ3v) is 5.14. The van der Waals surface area contributed by atoms with Gasteiger partial charge in [0, 0.05) is 23.6 Å². The van der Waals surface area contributed by atoms with E-state index in [-0.39, 0.29) is 11.3 Å². The van der Waals surface area contributed by atoms with E-state index in [1.165, 1.54) is 19.1 Å². The minimum absolute atomic E-state index is 0.0194. The first-order valence-electron chi connectivity index (χ1n) is 9.55. The standard InChI is InChI=1S/C24H20N2O5/c1-30-18-11-10-15(13-19(18)31-2)22(27)20-21(16-7-6-12-25-14-16)26(24(29)23(20)28)17-8-4-3-5-9-17/h3-14,21,27H,1-2H3/b22-20-. The van der Waals surface area contributed by atoms with Gasteiger partial charge in [-0.3, -0.25) is 19.5 Å². The van der Waals surface area contributed by atoms with Gasteiger partial charge in [0.1, 0.15) is 5.76 Å². The molecule has 2 heterocycles. The number of aromatic nitrogens is 1. The Morgan fingerprint density at radius 2 is 1.71 bits per heavy atom. The number of amides is 1. The number of aliphatic hydroxyl groups is 1. The van der Waals surface area contributed by atoms with Gasteiger partial charge in [0.25, 0.3) is 11.7 Å². The molecule has 0 spiro atoms. The van der Waals surface area contributed by atoms with Crippen LogP contribution in [0.4, 0.5) is 5.69 Å². The van der Waals surface area contributed by atoms with E-state index in [0.29, 0.717) is 28.3 Å². The molecule has 0 radical (unpaired) electrons. The van der Waals surface area contributed by atoms with Gasteiger partial charge in [-0.15, -0.1) is 0 Å². The molecular formula is C24H20N2O5. The summed E-state index contributed by atoms with van der Waals surface area (Å²) in [7, 11) is 2.98. The zero-order chi connectivity index (χ0) is 22.0. The summed E-state index contributed by atoms with van der Waals surface area (Å²) < 4.78 is 10.5. The highest BCUT2D eigenvalue weighted by Crippen LogP contribution is 2.42. The minimum atomic E-state index is -0.829. The molecule has 0 saturated carbocycles. The Hall–Kier alpha value is -4.13. The van der Waals surface area contributed by atoms with Gasteiger partial charge in [0.05, 0.1) is 25.8 Å². The molecule has 1 aliphatic rings. The largest absolute Gasteiger partial charge is 0.507 e. The molecule has 7 nitrogen and oxygen atoms in total. The van der Waals surface area contributed by atoms with Crippen molar-refractivity contribution in [2.45, 2.75) is 6.04 Å². The van der Waals surface area contributed by atoms with Crippen LogP contribution >= 0.6 is 0 Å². The van der Waals surface area contributed by atoms with Crippen molar-refractivity contribution in [3.63, 3.8) is 0 Å². The molecule has 3 aromatic rings. The molecule has 1 atom stereocenters. The number of pyridine rings is 1. The van der Waals surface area contributed by atoms with Crippen molar-refractivity contribution in [1.82, 2.24) is 4.98 Å². The molecule has 0 bridgehead atoms. The number of benzene rings is 2. The predicted molar refractivity (Wildman–Crippen MR) is 115 cm³/mol. The van der Waals surface area contributed by atoms with Crippen LogP contribution < -0.4 is 14.4 Å². The van der Waals surface area contributed by atoms with Crippen LogP contribution in [0.25, 0.3) is 5.76 Å². The second kappa shape index (κ2) is 8.31. The monoisotopic (exact) mass is 416 g/mol. The maximum absolute atomic E-state index is 13.1. The molecule has 1 saturated heterocycles. The number of Topliss-reactive ketones (excluding diaryl/α,β-unsaturated/α-hetero) is 1. The van der Waals surface area contributed by atoms with E-state index in [2.05, 4.69) is 4.98 Å². The van der Waals surface area contributed by atoms with Crippen molar-refractivity contribution in [3.8, 4) is 11.5 Å². The lowest BCUT2D eigenvalue weighted by Crippen LogP contribution is -2.29. The van der Waals surface area contributed by atoms with Gasteiger partial charge in [-0.05, 0) is 42.0 Å². The number of rotatable bonds is 5. The predicted octanol–water partition coefficient (Wildman–Crippen LogP) is 3.73. The fourth-order valence-electron chi connectivity index (χ4n) is 3.68. The molecule has 1 fully saturated rings. The second-order valence-electron chi connectivity index (χ2n) is 6.86. The molecular weight excluding hydrogens is 396 g/mol. The zero-order valence-electron chi connectivity index (χ0n) is 17.0. The minimum Gasteiger partial charge on any atom is -0.507 e. The lowest BCUT2D eigenvalue weighted by Gasteiger charge is -2.25. The van der Waals surface area contributed by atoms with Crippen LogP contribution in [0.5, 0.6) is 11.5 Å². The van der Waals surface area contributed by atoms with Crippen LogP contribution in [0.15, 0.2) is 78.6 Å². The van der Waals surface area contributed by atoms with Crippen LogP contribution in [-0.2, 0) is 9.59 Å². The van der Waals surface area contributed by atoms with Gasteiger partial charge in [-0.2, -0.15) is 0 Å². The summed E-state index contributed by atoms with van der Waals surface area (Å²) in [5.41, 5.74) is 1.46. The molecule has 1 amide bonds. The number of aliphatic hydroxyl groups excluding tert-OH is 1. The van der Waals surface area contributed by atoms with E-state index >= 15 is 0 Å². The number of para-hydroxylation sites is 1. The molecule has 4 rings (SSSR count). The number of ketones is 1. The Kier molecular flexibility index (Phi) is 5.41. The number of anilines is 1. The van der Waals surface area contributed by atoms with Crippen molar-refractivity contribution < 1.29 is 24.2 Å². The SMILES string of the molecule is COc1ccc(/C(O)=C2/C(=O)C(=O)N(c3ccccc3)C2c2cccnc2)cc1OC. The first-order chi connectivity index (χ1) is 15.1. The third kappa shape index (κ3) is 3.50. The van der Waals surface area contributed by atoms with E-state index in [0.717, 1.165) is 0 Å². The highest BCUT2D eigenvalue weighted by molar-refractivity contribution is 6.51. The summed E-state index contributed by atoms with van der Waals surface area (Å²) in [6.07, 6.45) is 3.18. The highest BCUT2D eigenvalue weighted by Gasteiger charge is 2.47. The van der Waals surface area contributed by atoms with Crippen LogP contribution in [-0.4, -0.2) is 36.0 Å². The van der Waals surface area contributed by atoms with E-state index in [1.807, 2.05) is 6.07 Å².